The van der Waals surface area contributed by atoms with Crippen LogP contribution in [0.2, 0.25) is 0 Å². The summed E-state index contributed by atoms with van der Waals surface area (Å²) in [5, 5.41) is 13.8. The summed E-state index contributed by atoms with van der Waals surface area (Å²) in [5.41, 5.74) is 12.0. The van der Waals surface area contributed by atoms with E-state index in [-0.39, 0.29) is 17.7 Å². The van der Waals surface area contributed by atoms with Gasteiger partial charge in [-0.2, -0.15) is 5.26 Å². The van der Waals surface area contributed by atoms with Gasteiger partial charge < -0.3 is 24.9 Å². The van der Waals surface area contributed by atoms with Gasteiger partial charge in [-0.3, -0.25) is 4.79 Å². The van der Waals surface area contributed by atoms with E-state index in [0.29, 0.717) is 29.9 Å². The highest BCUT2D eigenvalue weighted by Gasteiger charge is 2.31. The van der Waals surface area contributed by atoms with Crippen molar-refractivity contribution >= 4 is 27.6 Å². The van der Waals surface area contributed by atoms with E-state index in [4.69, 9.17) is 15.5 Å². The standard InChI is InChI=1S/C26H26N6O2/c1-14-18(15-3-8-20(28)16(11-15)12-27)6-7-19-23(14)32(17-4-5-17)26(33)22-24(19)31(2)25(30-22)21-13-29-9-10-34-21/h3,6-8,11,17,21,29H,4-5,9-10,13,28H2,1-2H3/t21-/m1/s1. The van der Waals surface area contributed by atoms with Crippen LogP contribution in [0.5, 0.6) is 0 Å². The van der Waals surface area contributed by atoms with Crippen LogP contribution >= 0.6 is 0 Å². The molecule has 0 amide bonds. The molecular formula is C26H26N6O2. The molecule has 0 bridgehead atoms. The fourth-order valence-electron chi connectivity index (χ4n) is 5.22. The third kappa shape index (κ3) is 3.05. The summed E-state index contributed by atoms with van der Waals surface area (Å²) < 4.78 is 9.92. The van der Waals surface area contributed by atoms with Crippen LogP contribution < -0.4 is 16.6 Å². The van der Waals surface area contributed by atoms with Gasteiger partial charge in [-0.1, -0.05) is 18.2 Å². The number of pyridine rings is 1. The molecule has 6 rings (SSSR count). The molecule has 3 N–H and O–H groups in total. The monoisotopic (exact) mass is 454 g/mol. The average molecular weight is 455 g/mol. The van der Waals surface area contributed by atoms with Crippen molar-refractivity contribution in [2.24, 2.45) is 7.05 Å². The molecule has 172 valence electrons. The van der Waals surface area contributed by atoms with Crippen molar-refractivity contribution in [2.45, 2.75) is 31.9 Å². The Labute approximate surface area is 196 Å². The molecule has 2 aromatic carbocycles. The molecule has 2 fully saturated rings. The molecule has 1 aliphatic carbocycles. The molecule has 3 heterocycles. The van der Waals surface area contributed by atoms with Crippen LogP contribution in [0.3, 0.4) is 0 Å². The van der Waals surface area contributed by atoms with Gasteiger partial charge in [0.25, 0.3) is 5.56 Å². The number of nitrogens with zero attached hydrogens (tertiary/aromatic N) is 4. The molecule has 4 aromatic rings. The number of hydrogen-bond acceptors (Lipinski definition) is 6. The quantitative estimate of drug-likeness (QED) is 0.460. The molecule has 34 heavy (non-hydrogen) atoms. The Bertz CT molecular complexity index is 1560. The third-order valence-electron chi connectivity index (χ3n) is 7.09. The van der Waals surface area contributed by atoms with Gasteiger partial charge in [0.2, 0.25) is 0 Å². The number of benzene rings is 2. The number of imidazole rings is 1. The van der Waals surface area contributed by atoms with E-state index in [1.807, 2.05) is 28.3 Å². The molecule has 0 radical (unpaired) electrons. The Kier molecular flexibility index (Phi) is 4.73. The first kappa shape index (κ1) is 20.9. The number of anilines is 1. The molecule has 1 saturated carbocycles. The van der Waals surface area contributed by atoms with E-state index in [1.54, 1.807) is 6.07 Å². The van der Waals surface area contributed by atoms with Gasteiger partial charge in [-0.25, -0.2) is 4.98 Å². The summed E-state index contributed by atoms with van der Waals surface area (Å²) >= 11 is 0. The van der Waals surface area contributed by atoms with Gasteiger partial charge in [0.05, 0.1) is 23.2 Å². The lowest BCUT2D eigenvalue weighted by atomic mass is 9.95. The number of hydrogen-bond donors (Lipinski definition) is 2. The molecule has 2 aromatic heterocycles. The zero-order chi connectivity index (χ0) is 23.6. The Balaban J connectivity index is 1.65. The second kappa shape index (κ2) is 7.69. The molecule has 8 nitrogen and oxygen atoms in total. The number of morpholine rings is 1. The SMILES string of the molecule is Cc1c(-c2ccc(N)c(C#N)c2)ccc2c3c(nc([C@H]4CNCCO4)n3C)c(=O)n(C3CC3)c12. The van der Waals surface area contributed by atoms with Crippen LogP contribution in [0.25, 0.3) is 33.1 Å². The van der Waals surface area contributed by atoms with Crippen LogP contribution in [0.15, 0.2) is 35.1 Å². The summed E-state index contributed by atoms with van der Waals surface area (Å²) in [4.78, 5) is 18.6. The zero-order valence-corrected chi connectivity index (χ0v) is 19.3. The van der Waals surface area contributed by atoms with Gasteiger partial charge in [-0.15, -0.1) is 0 Å². The number of aryl methyl sites for hydroxylation is 2. The van der Waals surface area contributed by atoms with Crippen LogP contribution in [0.1, 0.15) is 41.9 Å². The molecular weight excluding hydrogens is 428 g/mol. The summed E-state index contributed by atoms with van der Waals surface area (Å²) in [7, 11) is 1.96. The van der Waals surface area contributed by atoms with Gasteiger partial charge in [0.1, 0.15) is 18.0 Å². The van der Waals surface area contributed by atoms with E-state index in [1.165, 1.54) is 0 Å². The number of nitrogens with two attached hydrogens (primary N) is 1. The number of nitrogen functional groups attached to an aromatic ring is 1. The van der Waals surface area contributed by atoms with Crippen molar-refractivity contribution in [1.82, 2.24) is 19.4 Å². The van der Waals surface area contributed by atoms with E-state index in [9.17, 15) is 10.1 Å². The topological polar surface area (TPSA) is 111 Å². The minimum Gasteiger partial charge on any atom is -0.398 e. The highest BCUT2D eigenvalue weighted by atomic mass is 16.5. The molecule has 2 aliphatic rings. The van der Waals surface area contributed by atoms with Crippen molar-refractivity contribution in [3.63, 3.8) is 0 Å². The summed E-state index contributed by atoms with van der Waals surface area (Å²) in [6.45, 7) is 4.16. The lowest BCUT2D eigenvalue weighted by molar-refractivity contribution is 0.0208. The maximum absolute atomic E-state index is 13.8. The van der Waals surface area contributed by atoms with E-state index < -0.39 is 0 Å². The van der Waals surface area contributed by atoms with Crippen LogP contribution in [0, 0.1) is 18.3 Å². The minimum absolute atomic E-state index is 0.0501. The van der Waals surface area contributed by atoms with Crippen molar-refractivity contribution in [3.05, 3.63) is 57.6 Å². The van der Waals surface area contributed by atoms with E-state index in [2.05, 4.69) is 30.4 Å². The smallest absolute Gasteiger partial charge is 0.279 e. The van der Waals surface area contributed by atoms with Gasteiger partial charge in [-0.05, 0) is 48.6 Å². The molecule has 1 saturated heterocycles. The third-order valence-corrected chi connectivity index (χ3v) is 7.09. The summed E-state index contributed by atoms with van der Waals surface area (Å²) in [6, 6.07) is 12.0. The van der Waals surface area contributed by atoms with Crippen LogP contribution in [0.4, 0.5) is 5.69 Å². The highest BCUT2D eigenvalue weighted by Crippen LogP contribution is 2.41. The highest BCUT2D eigenvalue weighted by molar-refractivity contribution is 6.05. The molecule has 8 heteroatoms. The first-order valence-electron chi connectivity index (χ1n) is 11.7. The summed E-state index contributed by atoms with van der Waals surface area (Å²) in [6.07, 6.45) is 1.79. The van der Waals surface area contributed by atoms with Crippen molar-refractivity contribution < 1.29 is 4.74 Å². The van der Waals surface area contributed by atoms with Crippen molar-refractivity contribution in [3.8, 4) is 17.2 Å². The number of fused-ring (bicyclic) bond motifs is 3. The largest absolute Gasteiger partial charge is 0.398 e. The Hall–Kier alpha value is -3.67. The Morgan fingerprint density at radius 3 is 2.76 bits per heavy atom. The Morgan fingerprint density at radius 1 is 1.24 bits per heavy atom. The molecule has 1 atom stereocenters. The first-order chi connectivity index (χ1) is 16.5. The second-order valence-electron chi connectivity index (χ2n) is 9.24. The number of rotatable bonds is 3. The lowest BCUT2D eigenvalue weighted by Crippen LogP contribution is -2.34. The minimum atomic E-state index is -0.186. The van der Waals surface area contributed by atoms with Gasteiger partial charge in [0.15, 0.2) is 5.52 Å². The number of nitrogens with one attached hydrogen (secondary N) is 1. The predicted octanol–water partition coefficient (Wildman–Crippen LogP) is 3.31. The Morgan fingerprint density at radius 2 is 2.06 bits per heavy atom. The fraction of sp³-hybridized carbons (Fsp3) is 0.346. The van der Waals surface area contributed by atoms with E-state index >= 15 is 0 Å². The van der Waals surface area contributed by atoms with Crippen molar-refractivity contribution in [2.75, 3.05) is 25.4 Å². The first-order valence-corrected chi connectivity index (χ1v) is 11.7. The van der Waals surface area contributed by atoms with E-state index in [0.717, 1.165) is 58.3 Å². The maximum atomic E-state index is 13.8. The second-order valence-corrected chi connectivity index (χ2v) is 9.24. The predicted molar refractivity (Wildman–Crippen MR) is 132 cm³/mol. The number of nitriles is 1. The van der Waals surface area contributed by atoms with Gasteiger partial charge in [0, 0.05) is 37.3 Å². The summed E-state index contributed by atoms with van der Waals surface area (Å²) in [5.74, 6) is 0.771. The van der Waals surface area contributed by atoms with Crippen LogP contribution in [-0.4, -0.2) is 33.8 Å². The molecule has 1 aliphatic heterocycles. The average Bonchev–Trinajstić information content (AvgIpc) is 3.63. The van der Waals surface area contributed by atoms with Crippen molar-refractivity contribution in [1.29, 1.82) is 5.26 Å². The lowest BCUT2D eigenvalue weighted by Gasteiger charge is -2.23. The fourth-order valence-corrected chi connectivity index (χ4v) is 5.22. The van der Waals surface area contributed by atoms with Gasteiger partial charge >= 0.3 is 0 Å². The molecule has 0 spiro atoms. The normalized spacial score (nSPS) is 18.4. The zero-order valence-electron chi connectivity index (χ0n) is 19.3. The maximum Gasteiger partial charge on any atom is 0.279 e. The number of aromatic nitrogens is 3. The van der Waals surface area contributed by atoms with Crippen LogP contribution in [-0.2, 0) is 11.8 Å². The molecule has 0 unspecified atom stereocenters. The number of ether oxygens (including phenoxy) is 1.